The number of hydrogen-bond acceptors (Lipinski definition) is 5. The number of fused-ring (bicyclic) bond motifs is 1. The van der Waals surface area contributed by atoms with E-state index in [1.54, 1.807) is 6.20 Å². The molecule has 0 saturated heterocycles. The fraction of sp³-hybridized carbons (Fsp3) is 0.200. The second-order valence-electron chi connectivity index (χ2n) is 7.01. The van der Waals surface area contributed by atoms with Gasteiger partial charge in [-0.1, -0.05) is 30.3 Å². The molecule has 0 unspecified atom stereocenters. The highest BCUT2D eigenvalue weighted by Crippen LogP contribution is 2.35. The van der Waals surface area contributed by atoms with Crippen molar-refractivity contribution in [3.8, 4) is 17.2 Å². The molecule has 158 valence electrons. The third-order valence-corrected chi connectivity index (χ3v) is 4.77. The third kappa shape index (κ3) is 5.22. The summed E-state index contributed by atoms with van der Waals surface area (Å²) in [5, 5.41) is 2.95. The summed E-state index contributed by atoms with van der Waals surface area (Å²) in [5.41, 5.74) is 3.22. The first kappa shape index (κ1) is 20.5. The maximum absolute atomic E-state index is 12.7. The molecule has 0 aliphatic carbocycles. The van der Waals surface area contributed by atoms with E-state index in [0.29, 0.717) is 36.8 Å². The Morgan fingerprint density at radius 1 is 1.10 bits per heavy atom. The van der Waals surface area contributed by atoms with Crippen LogP contribution in [0.25, 0.3) is 6.08 Å². The summed E-state index contributed by atoms with van der Waals surface area (Å²) in [6.45, 7) is 3.47. The van der Waals surface area contributed by atoms with Crippen molar-refractivity contribution < 1.29 is 19.0 Å². The number of nitrogens with one attached hydrogen (secondary N) is 1. The molecule has 1 aliphatic rings. The number of nitrogens with zero attached hydrogens (tertiary/aromatic N) is 1. The molecule has 0 fully saturated rings. The molecule has 4 rings (SSSR count). The Morgan fingerprint density at radius 3 is 2.84 bits per heavy atom. The van der Waals surface area contributed by atoms with Crippen LogP contribution in [0.1, 0.15) is 23.7 Å². The number of aromatic nitrogens is 1. The maximum atomic E-state index is 12.7. The maximum Gasteiger partial charge on any atom is 0.250 e. The summed E-state index contributed by atoms with van der Waals surface area (Å²) in [4.78, 5) is 16.9. The van der Waals surface area contributed by atoms with Gasteiger partial charge in [0.05, 0.1) is 17.9 Å². The lowest BCUT2D eigenvalue weighted by molar-refractivity contribution is -0.117. The van der Waals surface area contributed by atoms with Crippen molar-refractivity contribution in [3.63, 3.8) is 0 Å². The van der Waals surface area contributed by atoms with Crippen LogP contribution in [0.2, 0.25) is 0 Å². The number of carbonyl (C=O) groups is 1. The number of hydrogen-bond donors (Lipinski definition) is 1. The van der Waals surface area contributed by atoms with Crippen LogP contribution in [-0.2, 0) is 17.9 Å². The average Bonchev–Trinajstić information content (AvgIpc) is 2.82. The van der Waals surface area contributed by atoms with Gasteiger partial charge in [-0.25, -0.2) is 0 Å². The zero-order valence-electron chi connectivity index (χ0n) is 17.3. The second kappa shape index (κ2) is 9.80. The normalized spacial score (nSPS) is 12.2. The lowest BCUT2D eigenvalue weighted by Gasteiger charge is -2.20. The van der Waals surface area contributed by atoms with Crippen molar-refractivity contribution >= 4 is 12.0 Å². The lowest BCUT2D eigenvalue weighted by atomic mass is 10.1. The Hall–Kier alpha value is -3.80. The van der Waals surface area contributed by atoms with Crippen molar-refractivity contribution in [3.05, 3.63) is 89.3 Å². The quantitative estimate of drug-likeness (QED) is 0.597. The molecule has 0 saturated carbocycles. The molecule has 1 N–H and O–H groups in total. The molecule has 0 radical (unpaired) electrons. The van der Waals surface area contributed by atoms with Gasteiger partial charge < -0.3 is 19.5 Å². The van der Waals surface area contributed by atoms with Crippen molar-refractivity contribution in [2.75, 3.05) is 13.2 Å². The number of ether oxygens (including phenoxy) is 3. The van der Waals surface area contributed by atoms with Crippen LogP contribution in [0.3, 0.4) is 0 Å². The van der Waals surface area contributed by atoms with Crippen molar-refractivity contribution in [2.45, 2.75) is 20.1 Å². The zero-order valence-corrected chi connectivity index (χ0v) is 17.3. The molecule has 1 aromatic heterocycles. The minimum Gasteiger partial charge on any atom is -0.490 e. The molecule has 3 aromatic rings. The minimum absolute atomic E-state index is 0.160. The Bertz CT molecular complexity index is 1080. The Balaban J connectivity index is 1.36. The molecule has 2 aromatic carbocycles. The highest BCUT2D eigenvalue weighted by Gasteiger charge is 2.20. The smallest absolute Gasteiger partial charge is 0.250 e. The standard InChI is InChI=1S/C25H24N2O4/c1-2-29-23-11-6-8-19-14-20(16-31-24(19)23)25(28)27-15-18-7-5-10-22(13-18)30-17-21-9-3-4-12-26-21/h3-14H,2,15-17H2,1H3,(H,27,28). The van der Waals surface area contributed by atoms with Crippen LogP contribution in [-0.4, -0.2) is 24.1 Å². The van der Waals surface area contributed by atoms with E-state index in [1.165, 1.54) is 0 Å². The summed E-state index contributed by atoms with van der Waals surface area (Å²) in [6, 6.07) is 19.0. The van der Waals surface area contributed by atoms with E-state index in [-0.39, 0.29) is 12.5 Å². The van der Waals surface area contributed by atoms with Gasteiger partial charge in [-0.2, -0.15) is 0 Å². The van der Waals surface area contributed by atoms with Crippen molar-refractivity contribution in [1.29, 1.82) is 0 Å². The predicted molar refractivity (Wildman–Crippen MR) is 118 cm³/mol. The average molecular weight is 416 g/mol. The summed E-state index contributed by atoms with van der Waals surface area (Å²) in [5.74, 6) is 1.94. The SMILES string of the molecule is CCOc1cccc2c1OCC(C(=O)NCc1cccc(OCc3ccccn3)c1)=C2. The van der Waals surface area contributed by atoms with Gasteiger partial charge in [-0.3, -0.25) is 9.78 Å². The van der Waals surface area contributed by atoms with E-state index in [0.717, 1.165) is 22.6 Å². The van der Waals surface area contributed by atoms with E-state index in [4.69, 9.17) is 14.2 Å². The van der Waals surface area contributed by atoms with E-state index in [9.17, 15) is 4.79 Å². The Kier molecular flexibility index (Phi) is 6.47. The molecule has 0 atom stereocenters. The first-order valence-electron chi connectivity index (χ1n) is 10.2. The van der Waals surface area contributed by atoms with E-state index < -0.39 is 0 Å². The van der Waals surface area contributed by atoms with Crippen LogP contribution in [0, 0.1) is 0 Å². The van der Waals surface area contributed by atoms with E-state index >= 15 is 0 Å². The van der Waals surface area contributed by atoms with Gasteiger partial charge in [-0.15, -0.1) is 0 Å². The van der Waals surface area contributed by atoms with Gasteiger partial charge in [0.2, 0.25) is 0 Å². The van der Waals surface area contributed by atoms with Gasteiger partial charge in [0.25, 0.3) is 5.91 Å². The third-order valence-electron chi connectivity index (χ3n) is 4.77. The summed E-state index contributed by atoms with van der Waals surface area (Å²) in [7, 11) is 0. The fourth-order valence-corrected chi connectivity index (χ4v) is 3.26. The molecule has 31 heavy (non-hydrogen) atoms. The topological polar surface area (TPSA) is 69.7 Å². The first-order valence-corrected chi connectivity index (χ1v) is 10.2. The Morgan fingerprint density at radius 2 is 2.00 bits per heavy atom. The highest BCUT2D eigenvalue weighted by molar-refractivity contribution is 5.99. The van der Waals surface area contributed by atoms with E-state index in [2.05, 4.69) is 10.3 Å². The number of para-hydroxylation sites is 1. The molecule has 1 aliphatic heterocycles. The molecular weight excluding hydrogens is 392 g/mol. The van der Waals surface area contributed by atoms with Gasteiger partial charge in [0, 0.05) is 18.3 Å². The molecule has 1 amide bonds. The second-order valence-corrected chi connectivity index (χ2v) is 7.01. The largest absolute Gasteiger partial charge is 0.490 e. The van der Waals surface area contributed by atoms with Crippen LogP contribution in [0.15, 0.2) is 72.4 Å². The Labute approximate surface area is 181 Å². The predicted octanol–water partition coefficient (Wildman–Crippen LogP) is 4.15. The monoisotopic (exact) mass is 416 g/mol. The number of rotatable bonds is 8. The van der Waals surface area contributed by atoms with Crippen molar-refractivity contribution in [1.82, 2.24) is 10.3 Å². The van der Waals surface area contributed by atoms with Crippen LogP contribution in [0.5, 0.6) is 17.2 Å². The number of pyridine rings is 1. The molecule has 0 bridgehead atoms. The zero-order chi connectivity index (χ0) is 21.5. The summed E-state index contributed by atoms with van der Waals surface area (Å²) >= 11 is 0. The number of benzene rings is 2. The lowest BCUT2D eigenvalue weighted by Crippen LogP contribution is -2.28. The van der Waals surface area contributed by atoms with Crippen LogP contribution in [0.4, 0.5) is 0 Å². The van der Waals surface area contributed by atoms with Crippen molar-refractivity contribution in [2.24, 2.45) is 0 Å². The number of carbonyl (C=O) groups excluding carboxylic acids is 1. The molecule has 2 heterocycles. The molecular formula is C25H24N2O4. The van der Waals surface area contributed by atoms with Crippen LogP contribution >= 0.6 is 0 Å². The molecule has 6 heteroatoms. The summed E-state index contributed by atoms with van der Waals surface area (Å²) in [6.07, 6.45) is 3.59. The van der Waals surface area contributed by atoms with Gasteiger partial charge in [0.1, 0.15) is 19.0 Å². The van der Waals surface area contributed by atoms with Gasteiger partial charge in [0.15, 0.2) is 11.5 Å². The van der Waals surface area contributed by atoms with E-state index in [1.807, 2.05) is 73.7 Å². The molecule has 6 nitrogen and oxygen atoms in total. The van der Waals surface area contributed by atoms with Crippen LogP contribution < -0.4 is 19.5 Å². The summed E-state index contributed by atoms with van der Waals surface area (Å²) < 4.78 is 17.2. The van der Waals surface area contributed by atoms with Gasteiger partial charge >= 0.3 is 0 Å². The minimum atomic E-state index is -0.160. The number of amides is 1. The fourth-order valence-electron chi connectivity index (χ4n) is 3.26. The van der Waals surface area contributed by atoms with Gasteiger partial charge in [-0.05, 0) is 48.9 Å². The first-order chi connectivity index (χ1) is 15.2. The highest BCUT2D eigenvalue weighted by atomic mass is 16.5. The molecule has 0 spiro atoms.